The predicted octanol–water partition coefficient (Wildman–Crippen LogP) is 2.51. The Labute approximate surface area is 149 Å². The maximum atomic E-state index is 12.6. The molecule has 0 aliphatic rings. The second-order valence-electron chi connectivity index (χ2n) is 6.58. The van der Waals surface area contributed by atoms with Gasteiger partial charge in [0.2, 0.25) is 11.8 Å². The normalized spacial score (nSPS) is 13.1. The molecule has 2 amide bonds. The van der Waals surface area contributed by atoms with Crippen molar-refractivity contribution >= 4 is 17.8 Å². The van der Waals surface area contributed by atoms with Gasteiger partial charge in [-0.25, -0.2) is 0 Å². The van der Waals surface area contributed by atoms with E-state index in [2.05, 4.69) is 10.6 Å². The van der Waals surface area contributed by atoms with E-state index in [1.807, 2.05) is 26.8 Å². The molecule has 0 aliphatic carbocycles. The van der Waals surface area contributed by atoms with E-state index in [0.29, 0.717) is 18.4 Å². The smallest absolute Gasteiger partial charge is 0.308 e. The number of carbonyl (C=O) groups is 3. The molecule has 1 aromatic carbocycles. The van der Waals surface area contributed by atoms with Crippen LogP contribution in [0.25, 0.3) is 0 Å². The molecule has 0 heterocycles. The molecule has 0 bridgehead atoms. The molecule has 3 N–H and O–H groups in total. The summed E-state index contributed by atoms with van der Waals surface area (Å²) >= 11 is 0. The summed E-state index contributed by atoms with van der Waals surface area (Å²) in [5, 5.41) is 14.6. The third-order valence-electron chi connectivity index (χ3n) is 3.80. The summed E-state index contributed by atoms with van der Waals surface area (Å²) in [6, 6.07) is 8.11. The molecule has 138 valence electrons. The molecule has 0 aromatic heterocycles. The highest BCUT2D eigenvalue weighted by Crippen LogP contribution is 2.14. The summed E-state index contributed by atoms with van der Waals surface area (Å²) in [5.74, 6) is -1.98. The van der Waals surface area contributed by atoms with Crippen LogP contribution in [0.3, 0.4) is 0 Å². The second kappa shape index (κ2) is 10.5. The lowest BCUT2D eigenvalue weighted by Gasteiger charge is -2.21. The van der Waals surface area contributed by atoms with Crippen molar-refractivity contribution in [1.82, 2.24) is 10.6 Å². The Bertz CT molecular complexity index is 572. The van der Waals surface area contributed by atoms with E-state index in [1.54, 1.807) is 24.3 Å². The molecule has 0 saturated heterocycles. The van der Waals surface area contributed by atoms with Crippen molar-refractivity contribution in [3.63, 3.8) is 0 Å². The monoisotopic (exact) mass is 348 g/mol. The molecule has 0 aliphatic heterocycles. The summed E-state index contributed by atoms with van der Waals surface area (Å²) in [6.07, 6.45) is 1.54. The number of nitrogens with one attached hydrogen (secondary N) is 2. The van der Waals surface area contributed by atoms with Gasteiger partial charge in [0.1, 0.15) is 6.04 Å². The molecular weight excluding hydrogens is 320 g/mol. The van der Waals surface area contributed by atoms with Gasteiger partial charge >= 0.3 is 5.97 Å². The third-order valence-corrected chi connectivity index (χ3v) is 3.80. The Kier molecular flexibility index (Phi) is 8.67. The van der Waals surface area contributed by atoms with Crippen molar-refractivity contribution in [3.05, 3.63) is 35.9 Å². The third kappa shape index (κ3) is 7.37. The highest BCUT2D eigenvalue weighted by atomic mass is 16.4. The van der Waals surface area contributed by atoms with Gasteiger partial charge in [0.25, 0.3) is 0 Å². The zero-order chi connectivity index (χ0) is 18.8. The molecule has 1 aromatic rings. The van der Waals surface area contributed by atoms with Gasteiger partial charge in [-0.2, -0.15) is 0 Å². The fourth-order valence-corrected chi connectivity index (χ4v) is 2.52. The predicted molar refractivity (Wildman–Crippen MR) is 95.8 cm³/mol. The maximum absolute atomic E-state index is 12.6. The van der Waals surface area contributed by atoms with Crippen LogP contribution in [0.5, 0.6) is 0 Å². The van der Waals surface area contributed by atoms with Gasteiger partial charge in [0.15, 0.2) is 0 Å². The van der Waals surface area contributed by atoms with E-state index in [1.165, 1.54) is 0 Å². The van der Waals surface area contributed by atoms with E-state index >= 15 is 0 Å². The van der Waals surface area contributed by atoms with Gasteiger partial charge in [-0.15, -0.1) is 0 Å². The number of carbonyl (C=O) groups excluding carboxylic acids is 2. The van der Waals surface area contributed by atoms with E-state index < -0.39 is 23.8 Å². The van der Waals surface area contributed by atoms with Gasteiger partial charge in [-0.05, 0) is 17.9 Å². The largest absolute Gasteiger partial charge is 0.481 e. The number of hydrogen-bond donors (Lipinski definition) is 3. The lowest BCUT2D eigenvalue weighted by atomic mass is 10.0. The van der Waals surface area contributed by atoms with Crippen LogP contribution in [0.15, 0.2) is 30.3 Å². The van der Waals surface area contributed by atoms with E-state index in [4.69, 9.17) is 0 Å². The quantitative estimate of drug-likeness (QED) is 0.605. The summed E-state index contributed by atoms with van der Waals surface area (Å²) < 4.78 is 0. The van der Waals surface area contributed by atoms with Crippen LogP contribution in [0, 0.1) is 11.8 Å². The maximum Gasteiger partial charge on any atom is 0.308 e. The minimum atomic E-state index is -0.928. The van der Waals surface area contributed by atoms with Crippen molar-refractivity contribution < 1.29 is 19.5 Å². The first kappa shape index (κ1) is 20.7. The fraction of sp³-hybridized carbons (Fsp3) is 0.526. The minimum Gasteiger partial charge on any atom is -0.481 e. The zero-order valence-corrected chi connectivity index (χ0v) is 15.1. The number of rotatable bonds is 10. The number of carboxylic acids is 1. The SMILES string of the molecule is CCCC(CNC(=O)C(NC(=O)CC(C)C)c1ccccc1)C(=O)O. The van der Waals surface area contributed by atoms with E-state index in [9.17, 15) is 19.5 Å². The van der Waals surface area contributed by atoms with Crippen LogP contribution < -0.4 is 10.6 Å². The topological polar surface area (TPSA) is 95.5 Å². The average molecular weight is 348 g/mol. The highest BCUT2D eigenvalue weighted by molar-refractivity contribution is 5.89. The van der Waals surface area contributed by atoms with E-state index in [0.717, 1.165) is 6.42 Å². The van der Waals surface area contributed by atoms with Crippen molar-refractivity contribution in [2.75, 3.05) is 6.54 Å². The van der Waals surface area contributed by atoms with Gasteiger partial charge in [0, 0.05) is 13.0 Å². The summed E-state index contributed by atoms with van der Waals surface area (Å²) in [5.41, 5.74) is 0.666. The van der Waals surface area contributed by atoms with Crippen molar-refractivity contribution in [3.8, 4) is 0 Å². The molecule has 2 atom stereocenters. The number of hydrogen-bond acceptors (Lipinski definition) is 3. The average Bonchev–Trinajstić information content (AvgIpc) is 2.56. The van der Waals surface area contributed by atoms with Gasteiger partial charge < -0.3 is 15.7 Å². The number of amides is 2. The summed E-state index contributed by atoms with van der Waals surface area (Å²) in [4.78, 5) is 35.9. The Hall–Kier alpha value is -2.37. The van der Waals surface area contributed by atoms with Crippen LogP contribution in [0.1, 0.15) is 51.6 Å². The molecule has 2 unspecified atom stereocenters. The Morgan fingerprint density at radius 3 is 2.28 bits per heavy atom. The van der Waals surface area contributed by atoms with Gasteiger partial charge in [0.05, 0.1) is 5.92 Å². The lowest BCUT2D eigenvalue weighted by Crippen LogP contribution is -2.43. The molecule has 6 nitrogen and oxygen atoms in total. The Morgan fingerprint density at radius 1 is 1.12 bits per heavy atom. The van der Waals surface area contributed by atoms with Crippen molar-refractivity contribution in [2.45, 2.75) is 46.1 Å². The van der Waals surface area contributed by atoms with Crippen molar-refractivity contribution in [1.29, 1.82) is 0 Å². The lowest BCUT2D eigenvalue weighted by molar-refractivity contribution is -0.142. The van der Waals surface area contributed by atoms with Crippen LogP contribution in [0.4, 0.5) is 0 Å². The van der Waals surface area contributed by atoms with Gasteiger partial charge in [-0.3, -0.25) is 14.4 Å². The van der Waals surface area contributed by atoms with Crippen LogP contribution in [-0.2, 0) is 14.4 Å². The Balaban J connectivity index is 2.82. The summed E-state index contributed by atoms with van der Waals surface area (Å²) in [7, 11) is 0. The first-order valence-electron chi connectivity index (χ1n) is 8.70. The van der Waals surface area contributed by atoms with Crippen LogP contribution >= 0.6 is 0 Å². The van der Waals surface area contributed by atoms with E-state index in [-0.39, 0.29) is 18.4 Å². The molecular formula is C19H28N2O4. The molecule has 6 heteroatoms. The minimum absolute atomic E-state index is 0.0470. The van der Waals surface area contributed by atoms with Crippen LogP contribution in [-0.4, -0.2) is 29.4 Å². The van der Waals surface area contributed by atoms with Crippen molar-refractivity contribution in [2.24, 2.45) is 11.8 Å². The number of carboxylic acid groups (broad SMARTS) is 1. The zero-order valence-electron chi connectivity index (χ0n) is 15.1. The van der Waals surface area contributed by atoms with Gasteiger partial charge in [-0.1, -0.05) is 57.5 Å². The molecule has 0 radical (unpaired) electrons. The fourth-order valence-electron chi connectivity index (χ4n) is 2.52. The number of benzene rings is 1. The molecule has 1 rings (SSSR count). The first-order valence-corrected chi connectivity index (χ1v) is 8.70. The molecule has 25 heavy (non-hydrogen) atoms. The number of aliphatic carboxylic acids is 1. The Morgan fingerprint density at radius 2 is 1.76 bits per heavy atom. The standard InChI is InChI=1S/C19H28N2O4/c1-4-8-15(19(24)25)12-20-18(23)17(14-9-6-5-7-10-14)21-16(22)11-13(2)3/h5-7,9-10,13,15,17H,4,8,11-12H2,1-3H3,(H,20,23)(H,21,22)(H,24,25). The molecule has 0 fully saturated rings. The highest BCUT2D eigenvalue weighted by Gasteiger charge is 2.25. The second-order valence-corrected chi connectivity index (χ2v) is 6.58. The molecule has 0 saturated carbocycles. The first-order chi connectivity index (χ1) is 11.8. The van der Waals surface area contributed by atoms with Crippen LogP contribution in [0.2, 0.25) is 0 Å². The summed E-state index contributed by atoms with van der Waals surface area (Å²) in [6.45, 7) is 5.81. The molecule has 0 spiro atoms.